The molecule has 0 spiro atoms. The van der Waals surface area contributed by atoms with E-state index in [0.29, 0.717) is 24.4 Å². The standard InChI is InChI=1S/C10H15ClFN3/c1-7-9(11)8(15(2)14-7)5-10(12)3-4-13-6-10/h13H,3-6H2,1-2H3. The summed E-state index contributed by atoms with van der Waals surface area (Å²) < 4.78 is 15.9. The fraction of sp³-hybridized carbons (Fsp3) is 0.700. The molecule has 1 saturated heterocycles. The minimum absolute atomic E-state index is 0.343. The lowest BCUT2D eigenvalue weighted by molar-refractivity contribution is 0.187. The van der Waals surface area contributed by atoms with Gasteiger partial charge in [0.2, 0.25) is 0 Å². The zero-order valence-electron chi connectivity index (χ0n) is 8.98. The summed E-state index contributed by atoms with van der Waals surface area (Å²) in [6, 6.07) is 0. The van der Waals surface area contributed by atoms with E-state index in [2.05, 4.69) is 10.4 Å². The maximum Gasteiger partial charge on any atom is 0.130 e. The van der Waals surface area contributed by atoms with Crippen LogP contribution in [0.25, 0.3) is 0 Å². The Labute approximate surface area is 93.6 Å². The van der Waals surface area contributed by atoms with Crippen molar-refractivity contribution in [2.24, 2.45) is 7.05 Å². The van der Waals surface area contributed by atoms with Crippen LogP contribution in [0.2, 0.25) is 5.02 Å². The number of nitrogens with one attached hydrogen (secondary N) is 1. The molecule has 1 N–H and O–H groups in total. The maximum atomic E-state index is 14.2. The molecule has 1 unspecified atom stereocenters. The molecule has 84 valence electrons. The fourth-order valence-electron chi connectivity index (χ4n) is 2.04. The maximum absolute atomic E-state index is 14.2. The van der Waals surface area contributed by atoms with Gasteiger partial charge in [-0.2, -0.15) is 5.10 Å². The molecule has 1 aliphatic rings. The molecule has 0 bridgehead atoms. The topological polar surface area (TPSA) is 29.9 Å². The summed E-state index contributed by atoms with van der Waals surface area (Å²) in [4.78, 5) is 0. The third kappa shape index (κ3) is 2.01. The lowest BCUT2D eigenvalue weighted by Crippen LogP contribution is -2.29. The van der Waals surface area contributed by atoms with E-state index in [1.807, 2.05) is 6.92 Å². The number of aromatic nitrogens is 2. The molecule has 1 aliphatic heterocycles. The Balaban J connectivity index is 2.23. The summed E-state index contributed by atoms with van der Waals surface area (Å²) in [6.45, 7) is 2.99. The van der Waals surface area contributed by atoms with Crippen molar-refractivity contribution >= 4 is 11.6 Å². The van der Waals surface area contributed by atoms with Crippen molar-refractivity contribution in [3.05, 3.63) is 16.4 Å². The fourth-order valence-corrected chi connectivity index (χ4v) is 2.26. The highest BCUT2D eigenvalue weighted by molar-refractivity contribution is 6.31. The van der Waals surface area contributed by atoms with Crippen molar-refractivity contribution < 1.29 is 4.39 Å². The number of aryl methyl sites for hydroxylation is 2. The Hall–Kier alpha value is -0.610. The highest BCUT2D eigenvalue weighted by Gasteiger charge is 2.35. The SMILES string of the molecule is Cc1nn(C)c(CC2(F)CCNC2)c1Cl. The molecule has 1 atom stereocenters. The van der Waals surface area contributed by atoms with Crippen LogP contribution in [0.5, 0.6) is 0 Å². The molecule has 0 radical (unpaired) electrons. The van der Waals surface area contributed by atoms with Gasteiger partial charge < -0.3 is 5.32 Å². The van der Waals surface area contributed by atoms with Crippen molar-refractivity contribution in [3.63, 3.8) is 0 Å². The first-order valence-corrected chi connectivity index (χ1v) is 5.47. The number of alkyl halides is 1. The number of rotatable bonds is 2. The van der Waals surface area contributed by atoms with Gasteiger partial charge in [-0.3, -0.25) is 4.68 Å². The van der Waals surface area contributed by atoms with Crippen LogP contribution in [0.1, 0.15) is 17.8 Å². The highest BCUT2D eigenvalue weighted by Crippen LogP contribution is 2.29. The lowest BCUT2D eigenvalue weighted by atomic mass is 9.99. The van der Waals surface area contributed by atoms with Gasteiger partial charge in [-0.25, -0.2) is 4.39 Å². The average Bonchev–Trinajstić information content (AvgIpc) is 2.68. The Morgan fingerprint density at radius 3 is 2.87 bits per heavy atom. The number of nitrogens with zero attached hydrogens (tertiary/aromatic N) is 2. The van der Waals surface area contributed by atoms with Crippen molar-refractivity contribution in [2.75, 3.05) is 13.1 Å². The van der Waals surface area contributed by atoms with Crippen LogP contribution >= 0.6 is 11.6 Å². The van der Waals surface area contributed by atoms with E-state index in [9.17, 15) is 4.39 Å². The normalized spacial score (nSPS) is 26.1. The van der Waals surface area contributed by atoms with Crippen LogP contribution in [0.15, 0.2) is 0 Å². The zero-order valence-corrected chi connectivity index (χ0v) is 9.73. The molecule has 2 heterocycles. The molecule has 1 aromatic rings. The van der Waals surface area contributed by atoms with Gasteiger partial charge in [0.05, 0.1) is 16.4 Å². The number of halogens is 2. The molecule has 2 rings (SSSR count). The monoisotopic (exact) mass is 231 g/mol. The molecule has 3 nitrogen and oxygen atoms in total. The molecule has 0 aliphatic carbocycles. The zero-order chi connectivity index (χ0) is 11.1. The van der Waals surface area contributed by atoms with Crippen molar-refractivity contribution in [2.45, 2.75) is 25.4 Å². The minimum Gasteiger partial charge on any atom is -0.313 e. The van der Waals surface area contributed by atoms with Gasteiger partial charge in [0.1, 0.15) is 5.67 Å². The Morgan fingerprint density at radius 2 is 2.40 bits per heavy atom. The molecule has 0 amide bonds. The van der Waals surface area contributed by atoms with Crippen molar-refractivity contribution in [1.29, 1.82) is 0 Å². The summed E-state index contributed by atoms with van der Waals surface area (Å²) >= 11 is 6.08. The van der Waals surface area contributed by atoms with E-state index in [-0.39, 0.29) is 0 Å². The lowest BCUT2D eigenvalue weighted by Gasteiger charge is -2.18. The molecule has 1 aromatic heterocycles. The first kappa shape index (κ1) is 10.9. The Morgan fingerprint density at radius 1 is 1.67 bits per heavy atom. The molecular weight excluding hydrogens is 217 g/mol. The van der Waals surface area contributed by atoms with Gasteiger partial charge in [0.15, 0.2) is 0 Å². The third-order valence-electron chi connectivity index (χ3n) is 2.94. The predicted molar refractivity (Wildman–Crippen MR) is 58.0 cm³/mol. The number of hydrogen-bond acceptors (Lipinski definition) is 2. The smallest absolute Gasteiger partial charge is 0.130 e. The van der Waals surface area contributed by atoms with Gasteiger partial charge in [-0.15, -0.1) is 0 Å². The summed E-state index contributed by atoms with van der Waals surface area (Å²) in [5.41, 5.74) is 0.397. The molecule has 0 saturated carbocycles. The van der Waals surface area contributed by atoms with E-state index >= 15 is 0 Å². The molecular formula is C10H15ClFN3. The second-order valence-corrected chi connectivity index (χ2v) is 4.60. The second-order valence-electron chi connectivity index (χ2n) is 4.22. The van der Waals surface area contributed by atoms with Crippen LogP contribution in [-0.4, -0.2) is 28.5 Å². The van der Waals surface area contributed by atoms with E-state index in [4.69, 9.17) is 11.6 Å². The van der Waals surface area contributed by atoms with Crippen LogP contribution < -0.4 is 5.32 Å². The number of hydrogen-bond donors (Lipinski definition) is 1. The quantitative estimate of drug-likeness (QED) is 0.839. The largest absolute Gasteiger partial charge is 0.313 e. The van der Waals surface area contributed by atoms with Crippen molar-refractivity contribution in [3.8, 4) is 0 Å². The van der Waals surface area contributed by atoms with Gasteiger partial charge in [0.25, 0.3) is 0 Å². The average molecular weight is 232 g/mol. The van der Waals surface area contributed by atoms with E-state index in [0.717, 1.165) is 17.9 Å². The first-order valence-electron chi connectivity index (χ1n) is 5.09. The molecule has 5 heteroatoms. The summed E-state index contributed by atoms with van der Waals surface area (Å²) in [6.07, 6.45) is 0.893. The highest BCUT2D eigenvalue weighted by atomic mass is 35.5. The second kappa shape index (κ2) is 3.76. The summed E-state index contributed by atoms with van der Waals surface area (Å²) in [7, 11) is 1.81. The van der Waals surface area contributed by atoms with Gasteiger partial charge >= 0.3 is 0 Å². The molecule has 15 heavy (non-hydrogen) atoms. The molecule has 0 aromatic carbocycles. The van der Waals surface area contributed by atoms with Gasteiger partial charge in [0, 0.05) is 20.0 Å². The third-order valence-corrected chi connectivity index (χ3v) is 3.43. The minimum atomic E-state index is -1.16. The Kier molecular flexibility index (Phi) is 2.73. The van der Waals surface area contributed by atoms with Crippen LogP contribution in [-0.2, 0) is 13.5 Å². The van der Waals surface area contributed by atoms with E-state index < -0.39 is 5.67 Å². The van der Waals surface area contributed by atoms with Crippen LogP contribution in [0.3, 0.4) is 0 Å². The Bertz CT molecular complexity index is 369. The molecule has 1 fully saturated rings. The van der Waals surface area contributed by atoms with Gasteiger partial charge in [-0.1, -0.05) is 11.6 Å². The summed E-state index contributed by atoms with van der Waals surface area (Å²) in [5, 5.41) is 7.81. The van der Waals surface area contributed by atoms with Crippen molar-refractivity contribution in [1.82, 2.24) is 15.1 Å². The van der Waals surface area contributed by atoms with Crippen LogP contribution in [0, 0.1) is 6.92 Å². The van der Waals surface area contributed by atoms with Gasteiger partial charge in [-0.05, 0) is 19.9 Å². The predicted octanol–water partition coefficient (Wildman–Crippen LogP) is 1.63. The van der Waals surface area contributed by atoms with Crippen LogP contribution in [0.4, 0.5) is 4.39 Å². The van der Waals surface area contributed by atoms with E-state index in [1.165, 1.54) is 0 Å². The first-order chi connectivity index (χ1) is 7.02. The summed E-state index contributed by atoms with van der Waals surface area (Å²) in [5.74, 6) is 0. The van der Waals surface area contributed by atoms with E-state index in [1.54, 1.807) is 11.7 Å².